The number of esters is 1. The minimum Gasteiger partial charge on any atom is -0.466 e. The van der Waals surface area contributed by atoms with Crippen LogP contribution in [0.4, 0.5) is 4.79 Å². The van der Waals surface area contributed by atoms with Crippen LogP contribution >= 0.6 is 0 Å². The van der Waals surface area contributed by atoms with E-state index in [1.165, 1.54) is 32.1 Å². The maximum atomic E-state index is 11.7. The molecule has 2 unspecified atom stereocenters. The zero-order chi connectivity index (χ0) is 16.7. The molecule has 2 rings (SSSR count). The Balaban J connectivity index is 1.84. The molecule has 2 aliphatic rings. The van der Waals surface area contributed by atoms with E-state index >= 15 is 0 Å². The lowest BCUT2D eigenvalue weighted by Crippen LogP contribution is -2.53. The van der Waals surface area contributed by atoms with Gasteiger partial charge in [-0.2, -0.15) is 0 Å². The van der Waals surface area contributed by atoms with E-state index < -0.39 is 6.03 Å². The summed E-state index contributed by atoms with van der Waals surface area (Å²) in [5.41, 5.74) is 5.46. The highest BCUT2D eigenvalue weighted by Gasteiger charge is 2.31. The Morgan fingerprint density at radius 3 is 2.57 bits per heavy atom. The van der Waals surface area contributed by atoms with Crippen LogP contribution in [0.1, 0.15) is 51.9 Å². The number of nitrogens with two attached hydrogens (primary N) is 1. The average Bonchev–Trinajstić information content (AvgIpc) is 2.54. The molecule has 0 radical (unpaired) electrons. The van der Waals surface area contributed by atoms with Crippen LogP contribution in [0.3, 0.4) is 0 Å². The van der Waals surface area contributed by atoms with E-state index in [1.807, 2.05) is 6.92 Å². The van der Waals surface area contributed by atoms with E-state index in [0.717, 1.165) is 18.9 Å². The molecular weight excluding hydrogens is 294 g/mol. The maximum absolute atomic E-state index is 11.7. The SMILES string of the molecule is CCOC(=O)CC1CC(NCC2CCCCC2)CN(C(N)=O)C1. The van der Waals surface area contributed by atoms with Crippen LogP contribution in [0.5, 0.6) is 0 Å². The lowest BCUT2D eigenvalue weighted by atomic mass is 9.88. The Hall–Kier alpha value is -1.30. The van der Waals surface area contributed by atoms with Gasteiger partial charge in [0.15, 0.2) is 0 Å². The van der Waals surface area contributed by atoms with Crippen LogP contribution in [-0.4, -0.2) is 49.2 Å². The first kappa shape index (κ1) is 18.0. The molecule has 0 bridgehead atoms. The Morgan fingerprint density at radius 2 is 1.91 bits per heavy atom. The second-order valence-electron chi connectivity index (χ2n) is 6.96. The highest BCUT2D eigenvalue weighted by Crippen LogP contribution is 2.24. The zero-order valence-electron chi connectivity index (χ0n) is 14.3. The summed E-state index contributed by atoms with van der Waals surface area (Å²) in [6, 6.07) is -0.180. The second-order valence-corrected chi connectivity index (χ2v) is 6.96. The summed E-state index contributed by atoms with van der Waals surface area (Å²) in [4.78, 5) is 24.9. The number of likely N-dealkylation sites (tertiary alicyclic amines) is 1. The molecule has 2 fully saturated rings. The minimum atomic E-state index is -0.400. The standard InChI is InChI=1S/C17H31N3O3/c1-2-23-16(21)9-14-8-15(12-20(11-14)17(18)22)19-10-13-6-4-3-5-7-13/h13-15,19H,2-12H2,1H3,(H2,18,22). The number of primary amides is 1. The van der Waals surface area contributed by atoms with Gasteiger partial charge in [-0.25, -0.2) is 4.79 Å². The number of piperidine rings is 1. The Kier molecular flexibility index (Phi) is 7.15. The number of amides is 2. The molecule has 0 aromatic heterocycles. The summed E-state index contributed by atoms with van der Waals surface area (Å²) in [6.45, 7) is 4.40. The molecule has 1 saturated carbocycles. The molecule has 1 heterocycles. The number of rotatable bonds is 6. The molecule has 0 spiro atoms. The number of ether oxygens (including phenoxy) is 1. The largest absolute Gasteiger partial charge is 0.466 e. The topological polar surface area (TPSA) is 84.7 Å². The van der Waals surface area contributed by atoms with Gasteiger partial charge in [0.2, 0.25) is 0 Å². The van der Waals surface area contributed by atoms with Gasteiger partial charge in [0.05, 0.1) is 13.0 Å². The van der Waals surface area contributed by atoms with Crippen molar-refractivity contribution in [3.63, 3.8) is 0 Å². The predicted molar refractivity (Wildman–Crippen MR) is 88.9 cm³/mol. The van der Waals surface area contributed by atoms with Crippen molar-refractivity contribution < 1.29 is 14.3 Å². The van der Waals surface area contributed by atoms with Crippen molar-refractivity contribution in [2.45, 2.75) is 57.9 Å². The molecule has 2 atom stereocenters. The summed E-state index contributed by atoms with van der Waals surface area (Å²) in [5, 5.41) is 3.61. The second kappa shape index (κ2) is 9.11. The molecule has 1 aliphatic carbocycles. The van der Waals surface area contributed by atoms with Gasteiger partial charge in [0, 0.05) is 19.1 Å². The summed E-state index contributed by atoms with van der Waals surface area (Å²) < 4.78 is 5.04. The van der Waals surface area contributed by atoms with Gasteiger partial charge in [0.25, 0.3) is 0 Å². The lowest BCUT2D eigenvalue weighted by Gasteiger charge is -2.38. The first-order valence-corrected chi connectivity index (χ1v) is 9.01. The van der Waals surface area contributed by atoms with Crippen molar-refractivity contribution >= 4 is 12.0 Å². The van der Waals surface area contributed by atoms with E-state index in [0.29, 0.717) is 26.1 Å². The monoisotopic (exact) mass is 325 g/mol. The number of hydrogen-bond acceptors (Lipinski definition) is 4. The Bertz CT molecular complexity index is 397. The van der Waals surface area contributed by atoms with Crippen molar-refractivity contribution in [2.75, 3.05) is 26.2 Å². The van der Waals surface area contributed by atoms with Crippen molar-refractivity contribution in [3.8, 4) is 0 Å². The zero-order valence-corrected chi connectivity index (χ0v) is 14.3. The molecule has 2 amide bonds. The molecule has 6 nitrogen and oxygen atoms in total. The molecule has 132 valence electrons. The number of urea groups is 1. The molecule has 6 heteroatoms. The quantitative estimate of drug-likeness (QED) is 0.730. The smallest absolute Gasteiger partial charge is 0.314 e. The van der Waals surface area contributed by atoms with Crippen molar-refractivity contribution in [1.82, 2.24) is 10.2 Å². The highest BCUT2D eigenvalue weighted by atomic mass is 16.5. The van der Waals surface area contributed by atoms with E-state index in [-0.39, 0.29) is 17.9 Å². The van der Waals surface area contributed by atoms with E-state index in [9.17, 15) is 9.59 Å². The fraction of sp³-hybridized carbons (Fsp3) is 0.882. The third kappa shape index (κ3) is 6.01. The number of carbonyl (C=O) groups is 2. The van der Waals surface area contributed by atoms with Crippen LogP contribution in [-0.2, 0) is 9.53 Å². The molecule has 1 aliphatic heterocycles. The molecule has 0 aromatic rings. The fourth-order valence-electron chi connectivity index (χ4n) is 3.86. The van der Waals surface area contributed by atoms with Crippen LogP contribution < -0.4 is 11.1 Å². The summed E-state index contributed by atoms with van der Waals surface area (Å²) in [6.07, 6.45) is 7.87. The number of hydrogen-bond donors (Lipinski definition) is 2. The van der Waals surface area contributed by atoms with Crippen LogP contribution in [0.25, 0.3) is 0 Å². The highest BCUT2D eigenvalue weighted by molar-refractivity contribution is 5.73. The van der Waals surface area contributed by atoms with Gasteiger partial charge >= 0.3 is 12.0 Å². The first-order valence-electron chi connectivity index (χ1n) is 9.01. The molecule has 0 aromatic carbocycles. The van der Waals surface area contributed by atoms with Crippen LogP contribution in [0.15, 0.2) is 0 Å². The first-order chi connectivity index (χ1) is 11.1. The predicted octanol–water partition coefficient (Wildman–Crippen LogP) is 1.88. The Labute approximate surface area is 139 Å². The fourth-order valence-corrected chi connectivity index (χ4v) is 3.86. The van der Waals surface area contributed by atoms with E-state index in [1.54, 1.807) is 4.90 Å². The van der Waals surface area contributed by atoms with Crippen LogP contribution in [0.2, 0.25) is 0 Å². The van der Waals surface area contributed by atoms with Gasteiger partial charge in [0.1, 0.15) is 0 Å². The lowest BCUT2D eigenvalue weighted by molar-refractivity contribution is -0.144. The molecule has 3 N–H and O–H groups in total. The molecule has 1 saturated heterocycles. The van der Waals surface area contributed by atoms with E-state index in [2.05, 4.69) is 5.32 Å². The number of nitrogens with one attached hydrogen (secondary N) is 1. The van der Waals surface area contributed by atoms with Gasteiger partial charge < -0.3 is 20.7 Å². The third-order valence-corrected chi connectivity index (χ3v) is 5.03. The average molecular weight is 325 g/mol. The van der Waals surface area contributed by atoms with Crippen LogP contribution in [0, 0.1) is 11.8 Å². The van der Waals surface area contributed by atoms with Gasteiger partial charge in [-0.15, -0.1) is 0 Å². The number of carbonyl (C=O) groups excluding carboxylic acids is 2. The maximum Gasteiger partial charge on any atom is 0.314 e. The van der Waals surface area contributed by atoms with Gasteiger partial charge in [-0.05, 0) is 44.6 Å². The van der Waals surface area contributed by atoms with Crippen molar-refractivity contribution in [2.24, 2.45) is 17.6 Å². The molecule has 23 heavy (non-hydrogen) atoms. The number of nitrogens with zero attached hydrogens (tertiary/aromatic N) is 1. The third-order valence-electron chi connectivity index (χ3n) is 5.03. The minimum absolute atomic E-state index is 0.124. The summed E-state index contributed by atoms with van der Waals surface area (Å²) in [5.74, 6) is 0.685. The van der Waals surface area contributed by atoms with Gasteiger partial charge in [-0.1, -0.05) is 19.3 Å². The summed E-state index contributed by atoms with van der Waals surface area (Å²) in [7, 11) is 0. The van der Waals surface area contributed by atoms with Gasteiger partial charge in [-0.3, -0.25) is 4.79 Å². The molecular formula is C17H31N3O3. The van der Waals surface area contributed by atoms with Crippen molar-refractivity contribution in [3.05, 3.63) is 0 Å². The summed E-state index contributed by atoms with van der Waals surface area (Å²) >= 11 is 0. The van der Waals surface area contributed by atoms with Crippen molar-refractivity contribution in [1.29, 1.82) is 0 Å². The van der Waals surface area contributed by atoms with E-state index in [4.69, 9.17) is 10.5 Å². The normalized spacial score (nSPS) is 26.0. The Morgan fingerprint density at radius 1 is 1.17 bits per heavy atom.